The molecule has 1 fully saturated rings. The van der Waals surface area contributed by atoms with Crippen LogP contribution in [0.5, 0.6) is 11.5 Å². The number of nitrogens with zero attached hydrogens (tertiary/aromatic N) is 3. The molecule has 2 aromatic rings. The molecule has 1 atom stereocenters. The van der Waals surface area contributed by atoms with Crippen LogP contribution < -0.4 is 25.4 Å². The second-order valence-electron chi connectivity index (χ2n) is 5.73. The van der Waals surface area contributed by atoms with Gasteiger partial charge in [0.1, 0.15) is 11.9 Å². The van der Waals surface area contributed by atoms with Crippen LogP contribution in [0.25, 0.3) is 10.9 Å². The number of hydrogen-bond donors (Lipinski definition) is 2. The molecule has 1 aliphatic rings. The van der Waals surface area contributed by atoms with Crippen LogP contribution in [0.4, 0.5) is 11.8 Å². The fourth-order valence-corrected chi connectivity index (χ4v) is 2.50. The average molecular weight is 405 g/mol. The van der Waals surface area contributed by atoms with Crippen LogP contribution in [0.15, 0.2) is 12.1 Å². The molecule has 1 amide bonds. The number of benzene rings is 1. The maximum absolute atomic E-state index is 12.6. The number of methoxy groups -OCH3 is 2. The van der Waals surface area contributed by atoms with E-state index in [1.807, 2.05) is 0 Å². The summed E-state index contributed by atoms with van der Waals surface area (Å²) in [5.74, 6) is -3.89. The van der Waals surface area contributed by atoms with Gasteiger partial charge in [0.25, 0.3) is 0 Å². The summed E-state index contributed by atoms with van der Waals surface area (Å²) < 4.78 is 133. The number of carbonyl (C=O) groups is 1. The lowest BCUT2D eigenvalue weighted by Gasteiger charge is -2.19. The van der Waals surface area contributed by atoms with E-state index >= 15 is 0 Å². The number of aromatic nitrogens is 2. The number of fused-ring (bicyclic) bond motifs is 1. The van der Waals surface area contributed by atoms with Crippen molar-refractivity contribution >= 4 is 28.6 Å². The summed E-state index contributed by atoms with van der Waals surface area (Å²) in [7, 11) is -5.28. The topological polar surface area (TPSA) is 112 Å². The van der Waals surface area contributed by atoms with Crippen LogP contribution in [0.3, 0.4) is 0 Å². The molecular weight excluding hydrogens is 362 g/mol. The van der Waals surface area contributed by atoms with Crippen LogP contribution in [0.1, 0.15) is 35.7 Å². The Morgan fingerprint density at radius 2 is 2.32 bits per heavy atom. The van der Waals surface area contributed by atoms with E-state index in [-0.39, 0.29) is 35.0 Å². The van der Waals surface area contributed by atoms with Crippen molar-refractivity contribution in [2.24, 2.45) is 0 Å². The van der Waals surface area contributed by atoms with Crippen LogP contribution in [0, 0.1) is 0 Å². The number of nitrogen functional groups attached to an aromatic ring is 1. The number of anilines is 2. The van der Waals surface area contributed by atoms with E-state index in [0.29, 0.717) is 11.3 Å². The van der Waals surface area contributed by atoms with Gasteiger partial charge in [0.05, 0.1) is 27.8 Å². The Morgan fingerprint density at radius 3 is 3.04 bits per heavy atom. The molecule has 1 aromatic heterocycles. The van der Waals surface area contributed by atoms with Gasteiger partial charge in [-0.15, -0.1) is 0 Å². The van der Waals surface area contributed by atoms with Gasteiger partial charge in [0.2, 0.25) is 11.9 Å². The molecule has 28 heavy (non-hydrogen) atoms. The second kappa shape index (κ2) is 8.92. The average Bonchev–Trinajstić information content (AvgIpc) is 3.40. The van der Waals surface area contributed by atoms with E-state index in [9.17, 15) is 4.79 Å². The van der Waals surface area contributed by atoms with Crippen molar-refractivity contribution in [3.8, 4) is 11.5 Å². The molecule has 2 heterocycles. The van der Waals surface area contributed by atoms with Crippen LogP contribution in [-0.2, 0) is 9.53 Å². The number of hydrogen-bond acceptors (Lipinski definition) is 8. The lowest BCUT2D eigenvalue weighted by Crippen LogP contribution is -2.36. The maximum atomic E-state index is 12.6. The predicted molar refractivity (Wildman–Crippen MR) is 107 cm³/mol. The van der Waals surface area contributed by atoms with Crippen LogP contribution >= 0.6 is 0 Å². The van der Waals surface area contributed by atoms with Crippen molar-refractivity contribution in [1.82, 2.24) is 15.3 Å². The highest BCUT2D eigenvalue weighted by molar-refractivity contribution is 5.91. The molecule has 9 heteroatoms. The summed E-state index contributed by atoms with van der Waals surface area (Å²) in [4.78, 5) is 20.9. The zero-order chi connectivity index (χ0) is 32.9. The molecule has 0 spiro atoms. The van der Waals surface area contributed by atoms with Crippen molar-refractivity contribution in [2.75, 3.05) is 51.3 Å². The van der Waals surface area contributed by atoms with Crippen LogP contribution in [-0.4, -0.2) is 62.7 Å². The highest BCUT2D eigenvalue weighted by atomic mass is 16.5. The first-order valence-electron chi connectivity index (χ1n) is 15.4. The summed E-state index contributed by atoms with van der Waals surface area (Å²) in [5, 5.41) is -0.570. The van der Waals surface area contributed by atoms with Gasteiger partial charge in [0.15, 0.2) is 15.7 Å². The first kappa shape index (κ1) is 8.28. The molecule has 1 aromatic carbocycles. The van der Waals surface area contributed by atoms with Gasteiger partial charge < -0.3 is 30.1 Å². The highest BCUT2D eigenvalue weighted by Gasteiger charge is 2.22. The third kappa shape index (κ3) is 4.36. The number of nitrogens with one attached hydrogen (secondary N) is 1. The van der Waals surface area contributed by atoms with Gasteiger partial charge in [-0.05, 0) is 25.3 Å². The lowest BCUT2D eigenvalue weighted by atomic mass is 10.2. The molecule has 9 nitrogen and oxygen atoms in total. The molecule has 0 bridgehead atoms. The van der Waals surface area contributed by atoms with Crippen molar-refractivity contribution in [3.63, 3.8) is 0 Å². The Balaban J connectivity index is 2.13. The molecule has 1 saturated heterocycles. The zero-order valence-electron chi connectivity index (χ0n) is 29.7. The minimum absolute atomic E-state index is 0.0694. The van der Waals surface area contributed by atoms with Crippen molar-refractivity contribution < 1.29 is 39.7 Å². The first-order valence-corrected chi connectivity index (χ1v) is 8.11. The summed E-state index contributed by atoms with van der Waals surface area (Å²) in [6.07, 6.45) is -4.25. The van der Waals surface area contributed by atoms with Gasteiger partial charge in [-0.25, -0.2) is 4.98 Å². The van der Waals surface area contributed by atoms with Crippen LogP contribution in [0.2, 0.25) is 4.24 Å². The Labute approximate surface area is 185 Å². The fraction of sp³-hybridized carbons (Fsp3) is 0.526. The van der Waals surface area contributed by atoms with Crippen molar-refractivity contribution in [3.05, 3.63) is 12.1 Å². The Morgan fingerprint density at radius 1 is 1.50 bits per heavy atom. The molecule has 0 radical (unpaired) electrons. The largest absolute Gasteiger partial charge is 0.493 e. The first-order chi connectivity index (χ1) is 19.4. The zero-order valence-corrected chi connectivity index (χ0v) is 14.7. The molecule has 1 aliphatic heterocycles. The molecule has 3 rings (SSSR count). The van der Waals surface area contributed by atoms with E-state index in [1.54, 1.807) is 0 Å². The SMILES string of the molecule is [2H]N([2H])c1nc(N(C)C([2H])([2H])C([2H])([2H])C([2H])([2H])N([2H])C(=O)C2CCCO2)nc2cc(OC([2H])([2H])[2H])c(OC([2H])([2H])[2H])cc12. The molecule has 0 saturated carbocycles. The fourth-order valence-electron chi connectivity index (χ4n) is 2.50. The summed E-state index contributed by atoms with van der Waals surface area (Å²) in [5.41, 5.74) is -0.399. The smallest absolute Gasteiger partial charge is 0.249 e. The summed E-state index contributed by atoms with van der Waals surface area (Å²) in [6, 6.07) is 1.75. The molecule has 3 N–H and O–H groups in total. The van der Waals surface area contributed by atoms with E-state index in [2.05, 4.69) is 9.97 Å². The van der Waals surface area contributed by atoms with Gasteiger partial charge in [-0.1, -0.05) is 0 Å². The Hall–Kier alpha value is -2.81. The minimum atomic E-state index is -3.67. The molecule has 152 valence electrons. The molecule has 1 unspecified atom stereocenters. The number of amides is 1. The maximum Gasteiger partial charge on any atom is 0.249 e. The van der Waals surface area contributed by atoms with Gasteiger partial charge in [-0.2, -0.15) is 4.98 Å². The minimum Gasteiger partial charge on any atom is -0.493 e. The lowest BCUT2D eigenvalue weighted by molar-refractivity contribution is -0.130. The van der Waals surface area contributed by atoms with Crippen molar-refractivity contribution in [1.29, 1.82) is 0 Å². The number of nitrogens with two attached hydrogens (primary N) is 1. The Bertz CT molecular complexity index is 1350. The van der Waals surface area contributed by atoms with E-state index in [0.717, 1.165) is 19.2 Å². The second-order valence-corrected chi connectivity index (χ2v) is 5.73. The number of carbonyl (C=O) groups excluding carboxylic acids is 1. The van der Waals surface area contributed by atoms with Gasteiger partial charge in [0, 0.05) is 46.3 Å². The van der Waals surface area contributed by atoms with E-state index < -0.39 is 68.7 Å². The third-order valence-corrected chi connectivity index (χ3v) is 3.90. The summed E-state index contributed by atoms with van der Waals surface area (Å²) in [6.45, 7) is -6.85. The number of rotatable bonds is 9. The van der Waals surface area contributed by atoms with E-state index in [4.69, 9.17) is 34.9 Å². The van der Waals surface area contributed by atoms with Crippen molar-refractivity contribution in [2.45, 2.75) is 25.3 Å². The third-order valence-electron chi connectivity index (χ3n) is 3.90. The Kier molecular flexibility index (Phi) is 2.64. The quantitative estimate of drug-likeness (QED) is 0.644. The van der Waals surface area contributed by atoms with Gasteiger partial charge in [-0.3, -0.25) is 4.79 Å². The predicted octanol–water partition coefficient (Wildman–Crippen LogP) is 1.35. The van der Waals surface area contributed by atoms with Gasteiger partial charge >= 0.3 is 0 Å². The number of ether oxygens (including phenoxy) is 3. The normalized spacial score (nSPS) is 26.3. The van der Waals surface area contributed by atoms with E-state index in [1.165, 1.54) is 0 Å². The molecule has 0 aliphatic carbocycles. The molecular formula is C19H27N5O4. The summed E-state index contributed by atoms with van der Waals surface area (Å²) >= 11 is 0. The highest BCUT2D eigenvalue weighted by Crippen LogP contribution is 2.33. The standard InChI is InChI=1S/C19H27N5O4/c1-24(8-5-7-21-18(25)14-6-4-9-28-14)19-22-13-11-16(27-3)15(26-2)10-12(13)17(20)23-19/h10-11,14H,4-9H2,1-3H3,(H,21,25)(H2,20,22,23)/i2D3,3D3,5D2,7D2,8D2/hD3. The monoisotopic (exact) mass is 404 g/mol.